The van der Waals surface area contributed by atoms with Crippen molar-refractivity contribution < 1.29 is 8.42 Å². The molecule has 0 aromatic heterocycles. The molecule has 1 fully saturated rings. The van der Waals surface area contributed by atoms with Crippen molar-refractivity contribution in [2.75, 3.05) is 7.05 Å². The van der Waals surface area contributed by atoms with E-state index in [1.54, 1.807) is 18.3 Å². The average Bonchev–Trinajstić information content (AvgIpc) is 2.31. The fraction of sp³-hybridized carbons (Fsp3) is 0.800. The van der Waals surface area contributed by atoms with E-state index in [2.05, 4.69) is 0 Å². The Morgan fingerprint density at radius 2 is 1.86 bits per heavy atom. The molecule has 1 aliphatic heterocycles. The van der Waals surface area contributed by atoms with Crippen LogP contribution in [0.3, 0.4) is 0 Å². The van der Waals surface area contributed by atoms with Gasteiger partial charge in [-0.15, -0.1) is 0 Å². The maximum Gasteiger partial charge on any atom is 0.239 e. The van der Waals surface area contributed by atoms with Gasteiger partial charge in [-0.05, 0) is 25.8 Å². The lowest BCUT2D eigenvalue weighted by Crippen LogP contribution is -2.44. The van der Waals surface area contributed by atoms with Gasteiger partial charge >= 0.3 is 0 Å². The Labute approximate surface area is 85.8 Å². The second kappa shape index (κ2) is 3.07. The minimum absolute atomic E-state index is 0.179. The summed E-state index contributed by atoms with van der Waals surface area (Å²) in [5, 5.41) is 0. The van der Waals surface area contributed by atoms with E-state index in [4.69, 9.17) is 0 Å². The maximum atomic E-state index is 11.8. The third-order valence-electron chi connectivity index (χ3n) is 3.59. The number of hydrogen-bond acceptors (Lipinski definition) is 2. The van der Waals surface area contributed by atoms with Crippen LogP contribution in [0.4, 0.5) is 0 Å². The quantitative estimate of drug-likeness (QED) is 0.618. The van der Waals surface area contributed by atoms with Crippen LogP contribution in [0.5, 0.6) is 0 Å². The molecule has 2 rings (SSSR count). The molecule has 0 aromatic rings. The van der Waals surface area contributed by atoms with Crippen molar-refractivity contribution in [2.45, 2.75) is 44.6 Å². The molecule has 14 heavy (non-hydrogen) atoms. The Balaban J connectivity index is 2.40. The summed E-state index contributed by atoms with van der Waals surface area (Å²) in [7, 11) is -1.40. The summed E-state index contributed by atoms with van der Waals surface area (Å²) >= 11 is 0. The Kier molecular flexibility index (Phi) is 2.23. The Morgan fingerprint density at radius 3 is 2.29 bits per heavy atom. The number of sulfonamides is 1. The lowest BCUT2D eigenvalue weighted by molar-refractivity contribution is 0.213. The van der Waals surface area contributed by atoms with Crippen LogP contribution in [0.25, 0.3) is 0 Å². The molecule has 0 unspecified atom stereocenters. The fourth-order valence-electron chi connectivity index (χ4n) is 2.62. The fourth-order valence-corrected chi connectivity index (χ4v) is 4.14. The van der Waals surface area contributed by atoms with Crippen molar-refractivity contribution in [3.63, 3.8) is 0 Å². The van der Waals surface area contributed by atoms with Crippen LogP contribution in [0.15, 0.2) is 11.0 Å². The number of rotatable bonds is 0. The van der Waals surface area contributed by atoms with E-state index >= 15 is 0 Å². The van der Waals surface area contributed by atoms with Gasteiger partial charge in [-0.3, -0.25) is 0 Å². The molecule has 0 radical (unpaired) electrons. The van der Waals surface area contributed by atoms with E-state index < -0.39 is 10.0 Å². The van der Waals surface area contributed by atoms with Gasteiger partial charge in [0.1, 0.15) is 0 Å². The minimum Gasteiger partial charge on any atom is -0.207 e. The zero-order chi connectivity index (χ0) is 10.4. The Bertz CT molecular complexity index is 364. The van der Waals surface area contributed by atoms with Crippen LogP contribution >= 0.6 is 0 Å². The first-order valence-corrected chi connectivity index (χ1v) is 6.62. The molecule has 0 atom stereocenters. The third-order valence-corrected chi connectivity index (χ3v) is 5.60. The van der Waals surface area contributed by atoms with Gasteiger partial charge in [0.15, 0.2) is 0 Å². The van der Waals surface area contributed by atoms with Gasteiger partial charge < -0.3 is 0 Å². The summed E-state index contributed by atoms with van der Waals surface area (Å²) in [4.78, 5) is 0.530. The lowest BCUT2D eigenvalue weighted by atomic mass is 9.81. The van der Waals surface area contributed by atoms with E-state index in [1.807, 2.05) is 6.08 Å². The Hall–Kier alpha value is -0.350. The summed E-state index contributed by atoms with van der Waals surface area (Å²) in [5.41, 5.74) is -0.179. The molecule has 3 nitrogen and oxygen atoms in total. The lowest BCUT2D eigenvalue weighted by Gasteiger charge is -2.37. The summed E-state index contributed by atoms with van der Waals surface area (Å²) in [5.74, 6) is 0. The summed E-state index contributed by atoms with van der Waals surface area (Å²) in [6.07, 6.45) is 7.46. The van der Waals surface area contributed by atoms with E-state index in [0.29, 0.717) is 4.91 Å². The molecule has 4 heteroatoms. The van der Waals surface area contributed by atoms with Crippen LogP contribution in [0.2, 0.25) is 0 Å². The molecule has 1 spiro atoms. The third kappa shape index (κ3) is 1.24. The van der Waals surface area contributed by atoms with E-state index in [0.717, 1.165) is 25.7 Å². The van der Waals surface area contributed by atoms with Crippen molar-refractivity contribution in [1.29, 1.82) is 0 Å². The molecule has 1 aliphatic carbocycles. The van der Waals surface area contributed by atoms with Crippen LogP contribution < -0.4 is 0 Å². The van der Waals surface area contributed by atoms with Crippen molar-refractivity contribution in [3.05, 3.63) is 11.0 Å². The van der Waals surface area contributed by atoms with Gasteiger partial charge in [-0.2, -0.15) is 4.31 Å². The highest BCUT2D eigenvalue weighted by atomic mass is 32.2. The first kappa shape index (κ1) is 10.2. The van der Waals surface area contributed by atoms with Crippen molar-refractivity contribution in [2.24, 2.45) is 0 Å². The van der Waals surface area contributed by atoms with Crippen LogP contribution in [-0.4, -0.2) is 25.3 Å². The van der Waals surface area contributed by atoms with Crippen molar-refractivity contribution >= 4 is 10.0 Å². The largest absolute Gasteiger partial charge is 0.239 e. The zero-order valence-electron chi connectivity index (χ0n) is 8.78. The topological polar surface area (TPSA) is 37.4 Å². The van der Waals surface area contributed by atoms with E-state index in [-0.39, 0.29) is 5.54 Å². The van der Waals surface area contributed by atoms with Gasteiger partial charge in [0.05, 0.1) is 10.4 Å². The SMILES string of the molecule is CC1=CC2(CCCCC2)N(C)S1(=O)=O. The molecule has 0 bridgehead atoms. The molecule has 1 heterocycles. The molecule has 2 aliphatic rings. The number of allylic oxidation sites excluding steroid dienone is 1. The molecule has 0 amide bonds. The second-order valence-electron chi connectivity index (χ2n) is 4.39. The van der Waals surface area contributed by atoms with Crippen LogP contribution in [-0.2, 0) is 10.0 Å². The molecular formula is C10H17NO2S. The first-order valence-electron chi connectivity index (χ1n) is 5.18. The Morgan fingerprint density at radius 1 is 1.29 bits per heavy atom. The first-order chi connectivity index (χ1) is 6.49. The molecule has 0 aromatic carbocycles. The van der Waals surface area contributed by atoms with Gasteiger partial charge in [0.25, 0.3) is 0 Å². The van der Waals surface area contributed by atoms with Crippen LogP contribution in [0.1, 0.15) is 39.0 Å². The standard InChI is InChI=1S/C10H17NO2S/c1-9-8-10(6-4-3-5-7-10)11(2)14(9,12)13/h8H,3-7H2,1-2H3. The highest BCUT2D eigenvalue weighted by Crippen LogP contribution is 2.42. The monoisotopic (exact) mass is 215 g/mol. The zero-order valence-corrected chi connectivity index (χ0v) is 9.60. The average molecular weight is 215 g/mol. The summed E-state index contributed by atoms with van der Waals surface area (Å²) in [6, 6.07) is 0. The summed E-state index contributed by atoms with van der Waals surface area (Å²) < 4.78 is 25.2. The highest BCUT2D eigenvalue weighted by Gasteiger charge is 2.46. The maximum absolute atomic E-state index is 11.8. The predicted octanol–water partition coefficient (Wildman–Crippen LogP) is 1.87. The van der Waals surface area contributed by atoms with Crippen molar-refractivity contribution in [3.8, 4) is 0 Å². The minimum atomic E-state index is -3.12. The number of hydrogen-bond donors (Lipinski definition) is 0. The number of likely N-dealkylation sites (N-methyl/N-ethyl adjacent to an activating group) is 1. The molecule has 1 saturated carbocycles. The smallest absolute Gasteiger partial charge is 0.207 e. The second-order valence-corrected chi connectivity index (χ2v) is 6.53. The van der Waals surface area contributed by atoms with E-state index in [9.17, 15) is 8.42 Å². The van der Waals surface area contributed by atoms with Crippen molar-refractivity contribution in [1.82, 2.24) is 4.31 Å². The van der Waals surface area contributed by atoms with Gasteiger partial charge in [0.2, 0.25) is 10.0 Å². The predicted molar refractivity (Wildman–Crippen MR) is 56.3 cm³/mol. The van der Waals surface area contributed by atoms with E-state index in [1.165, 1.54) is 6.42 Å². The summed E-state index contributed by atoms with van der Waals surface area (Å²) in [6.45, 7) is 1.70. The van der Waals surface area contributed by atoms with Crippen LogP contribution in [0, 0.1) is 0 Å². The van der Waals surface area contributed by atoms with Gasteiger partial charge in [-0.25, -0.2) is 8.42 Å². The molecule has 0 N–H and O–H groups in total. The van der Waals surface area contributed by atoms with Gasteiger partial charge in [-0.1, -0.05) is 19.3 Å². The number of nitrogens with zero attached hydrogens (tertiary/aromatic N) is 1. The molecular weight excluding hydrogens is 198 g/mol. The normalized spacial score (nSPS) is 30.6. The molecule has 80 valence electrons. The van der Waals surface area contributed by atoms with Gasteiger partial charge in [0, 0.05) is 7.05 Å². The molecule has 0 saturated heterocycles. The highest BCUT2D eigenvalue weighted by molar-refractivity contribution is 7.93.